The molecule has 17 heavy (non-hydrogen) atoms. The third-order valence-electron chi connectivity index (χ3n) is 1.65. The first-order valence-electron chi connectivity index (χ1n) is 5.28. The van der Waals surface area contributed by atoms with E-state index in [2.05, 4.69) is 22.1 Å². The molecule has 0 saturated carbocycles. The second kappa shape index (κ2) is 7.79. The van der Waals surface area contributed by atoms with Gasteiger partial charge in [-0.1, -0.05) is 30.1 Å². The van der Waals surface area contributed by atoms with Gasteiger partial charge in [0.25, 0.3) is 5.91 Å². The summed E-state index contributed by atoms with van der Waals surface area (Å²) < 4.78 is 5.11. The molecule has 0 aliphatic rings. The predicted octanol–water partition coefficient (Wildman–Crippen LogP) is 0.818. The van der Waals surface area contributed by atoms with Gasteiger partial charge in [-0.3, -0.25) is 10.1 Å². The molecular formula is C11H15N3O2S. The fourth-order valence-corrected chi connectivity index (χ4v) is 1.70. The molecule has 0 saturated heterocycles. The van der Waals surface area contributed by atoms with Crippen LogP contribution < -0.4 is 11.1 Å². The van der Waals surface area contributed by atoms with Crippen molar-refractivity contribution in [1.82, 2.24) is 4.98 Å². The number of aromatic nitrogens is 1. The Kier molecular flexibility index (Phi) is 6.25. The number of anilines is 1. The highest BCUT2D eigenvalue weighted by atomic mass is 32.1. The molecule has 92 valence electrons. The minimum Gasteiger partial charge on any atom is -0.372 e. The normalized spacial score (nSPS) is 9.53. The lowest BCUT2D eigenvalue weighted by Crippen LogP contribution is -2.18. The van der Waals surface area contributed by atoms with E-state index >= 15 is 0 Å². The number of nitrogens with two attached hydrogens (primary N) is 1. The lowest BCUT2D eigenvalue weighted by molar-refractivity contribution is -0.120. The highest BCUT2D eigenvalue weighted by molar-refractivity contribution is 7.16. The zero-order chi connectivity index (χ0) is 12.5. The van der Waals surface area contributed by atoms with Crippen LogP contribution in [0.1, 0.15) is 18.2 Å². The summed E-state index contributed by atoms with van der Waals surface area (Å²) in [6.45, 7) is 2.93. The molecule has 0 aliphatic heterocycles. The monoisotopic (exact) mass is 253 g/mol. The highest BCUT2D eigenvalue weighted by Crippen LogP contribution is 2.16. The molecule has 1 aromatic heterocycles. The van der Waals surface area contributed by atoms with Gasteiger partial charge in [-0.25, -0.2) is 4.98 Å². The van der Waals surface area contributed by atoms with Crippen LogP contribution in [0.4, 0.5) is 5.13 Å². The minimum absolute atomic E-state index is 0.0528. The Morgan fingerprint density at radius 3 is 3.24 bits per heavy atom. The van der Waals surface area contributed by atoms with Crippen molar-refractivity contribution in [2.45, 2.75) is 13.3 Å². The maximum Gasteiger partial charge on any atom is 0.252 e. The summed E-state index contributed by atoms with van der Waals surface area (Å²) >= 11 is 1.31. The number of carbonyl (C=O) groups excluding carboxylic acids is 1. The minimum atomic E-state index is -0.203. The number of thiazole rings is 1. The summed E-state index contributed by atoms with van der Waals surface area (Å²) in [7, 11) is 0. The van der Waals surface area contributed by atoms with Crippen LogP contribution in [0.15, 0.2) is 6.20 Å². The van der Waals surface area contributed by atoms with Gasteiger partial charge in [0.1, 0.15) is 6.61 Å². The maximum atomic E-state index is 11.4. The van der Waals surface area contributed by atoms with Crippen LogP contribution in [0.5, 0.6) is 0 Å². The fourth-order valence-electron chi connectivity index (χ4n) is 0.992. The smallest absolute Gasteiger partial charge is 0.252 e. The average Bonchev–Trinajstić information content (AvgIpc) is 2.74. The van der Waals surface area contributed by atoms with Gasteiger partial charge in [-0.2, -0.15) is 0 Å². The fraction of sp³-hybridized carbons (Fsp3) is 0.455. The SMILES string of the molecule is CCCOCC(=O)Nc1ncc(C#CCN)s1. The number of rotatable bonds is 5. The van der Waals surface area contributed by atoms with Crippen molar-refractivity contribution < 1.29 is 9.53 Å². The zero-order valence-electron chi connectivity index (χ0n) is 9.66. The maximum absolute atomic E-state index is 11.4. The third-order valence-corrected chi connectivity index (χ3v) is 2.48. The number of nitrogens with zero attached hydrogens (tertiary/aromatic N) is 1. The van der Waals surface area contributed by atoms with Gasteiger partial charge in [-0.15, -0.1) is 0 Å². The van der Waals surface area contributed by atoms with Crippen LogP contribution in [0.25, 0.3) is 0 Å². The van der Waals surface area contributed by atoms with Gasteiger partial charge in [-0.05, 0) is 6.42 Å². The highest BCUT2D eigenvalue weighted by Gasteiger charge is 2.05. The van der Waals surface area contributed by atoms with E-state index in [-0.39, 0.29) is 12.5 Å². The molecule has 3 N–H and O–H groups in total. The summed E-state index contributed by atoms with van der Waals surface area (Å²) in [5, 5.41) is 3.17. The van der Waals surface area contributed by atoms with E-state index in [9.17, 15) is 4.79 Å². The number of hydrogen-bond acceptors (Lipinski definition) is 5. The summed E-state index contributed by atoms with van der Waals surface area (Å²) in [5.74, 6) is 5.37. The van der Waals surface area contributed by atoms with E-state index in [4.69, 9.17) is 10.5 Å². The van der Waals surface area contributed by atoms with Crippen molar-refractivity contribution in [3.05, 3.63) is 11.1 Å². The van der Waals surface area contributed by atoms with Crippen LogP contribution in [0.3, 0.4) is 0 Å². The molecule has 0 atom stereocenters. The molecule has 0 aromatic carbocycles. The molecule has 1 heterocycles. The molecule has 0 fully saturated rings. The molecule has 0 aliphatic carbocycles. The van der Waals surface area contributed by atoms with E-state index in [0.717, 1.165) is 11.3 Å². The molecule has 1 aromatic rings. The molecule has 0 bridgehead atoms. The van der Waals surface area contributed by atoms with Gasteiger partial charge >= 0.3 is 0 Å². The average molecular weight is 253 g/mol. The lowest BCUT2D eigenvalue weighted by Gasteiger charge is -2.01. The number of amides is 1. The molecule has 6 heteroatoms. The van der Waals surface area contributed by atoms with Gasteiger partial charge in [0, 0.05) is 6.61 Å². The first-order valence-corrected chi connectivity index (χ1v) is 6.10. The first kappa shape index (κ1) is 13.6. The van der Waals surface area contributed by atoms with Crippen molar-refractivity contribution in [1.29, 1.82) is 0 Å². The molecule has 5 nitrogen and oxygen atoms in total. The number of hydrogen-bond donors (Lipinski definition) is 2. The van der Waals surface area contributed by atoms with Crippen molar-refractivity contribution in [3.63, 3.8) is 0 Å². The van der Waals surface area contributed by atoms with E-state index in [1.165, 1.54) is 11.3 Å². The Balaban J connectivity index is 2.40. The van der Waals surface area contributed by atoms with E-state index in [1.807, 2.05) is 6.92 Å². The van der Waals surface area contributed by atoms with Gasteiger partial charge < -0.3 is 10.5 Å². The van der Waals surface area contributed by atoms with Gasteiger partial charge in [0.2, 0.25) is 0 Å². The zero-order valence-corrected chi connectivity index (χ0v) is 10.5. The van der Waals surface area contributed by atoms with Gasteiger partial charge in [0.05, 0.1) is 17.6 Å². The van der Waals surface area contributed by atoms with Crippen LogP contribution in [0, 0.1) is 11.8 Å². The molecule has 1 amide bonds. The summed E-state index contributed by atoms with van der Waals surface area (Å²) in [6.07, 6.45) is 2.50. The number of nitrogens with one attached hydrogen (secondary N) is 1. The Hall–Kier alpha value is -1.42. The molecular weight excluding hydrogens is 238 g/mol. The van der Waals surface area contributed by atoms with Crippen LogP contribution in [0.2, 0.25) is 0 Å². The van der Waals surface area contributed by atoms with Crippen molar-refractivity contribution in [3.8, 4) is 11.8 Å². The Morgan fingerprint density at radius 1 is 1.71 bits per heavy atom. The Labute approximate surface area is 104 Å². The Morgan fingerprint density at radius 2 is 2.53 bits per heavy atom. The predicted molar refractivity (Wildman–Crippen MR) is 67.8 cm³/mol. The van der Waals surface area contributed by atoms with E-state index < -0.39 is 0 Å². The summed E-state index contributed by atoms with van der Waals surface area (Å²) in [5.41, 5.74) is 5.26. The quantitative estimate of drug-likeness (QED) is 0.601. The topological polar surface area (TPSA) is 77.2 Å². The van der Waals surface area contributed by atoms with Crippen LogP contribution in [-0.4, -0.2) is 30.6 Å². The van der Waals surface area contributed by atoms with Crippen molar-refractivity contribution >= 4 is 22.4 Å². The standard InChI is InChI=1S/C11H15N3O2S/c1-2-6-16-8-10(15)14-11-13-7-9(17-11)4-3-5-12/h7H,2,5-6,8,12H2,1H3,(H,13,14,15). The summed E-state index contributed by atoms with van der Waals surface area (Å²) in [6, 6.07) is 0. The third kappa shape index (κ3) is 5.45. The first-order chi connectivity index (χ1) is 8.26. The van der Waals surface area contributed by atoms with Crippen LogP contribution in [-0.2, 0) is 9.53 Å². The van der Waals surface area contributed by atoms with E-state index in [1.54, 1.807) is 6.20 Å². The molecule has 0 radical (unpaired) electrons. The molecule has 0 spiro atoms. The van der Waals surface area contributed by atoms with E-state index in [0.29, 0.717) is 18.3 Å². The Bertz CT molecular complexity index is 420. The van der Waals surface area contributed by atoms with Gasteiger partial charge in [0.15, 0.2) is 5.13 Å². The second-order valence-electron chi connectivity index (χ2n) is 3.14. The van der Waals surface area contributed by atoms with Crippen molar-refractivity contribution in [2.75, 3.05) is 25.1 Å². The second-order valence-corrected chi connectivity index (χ2v) is 4.17. The van der Waals surface area contributed by atoms with Crippen molar-refractivity contribution in [2.24, 2.45) is 5.73 Å². The number of carbonyl (C=O) groups is 1. The largest absolute Gasteiger partial charge is 0.372 e. The molecule has 0 unspecified atom stereocenters. The van der Waals surface area contributed by atoms with Crippen LogP contribution >= 0.6 is 11.3 Å². The molecule has 1 rings (SSSR count). The number of ether oxygens (including phenoxy) is 1. The lowest BCUT2D eigenvalue weighted by atomic mass is 10.5. The summed E-state index contributed by atoms with van der Waals surface area (Å²) in [4.78, 5) is 16.2.